The standard InChI is InChI=1S/C21H30O4/c1-4-5-13-24-20(22)18-12-11-15(2)14-19(18)21(23)25-16(3)17-9-7-6-8-10-17/h6-10,15-16,18-19H,4-5,11-14H2,1-3H3. The second-order valence-electron chi connectivity index (χ2n) is 7.14. The number of unbranched alkanes of at least 4 members (excludes halogenated alkanes) is 1. The third-order valence-electron chi connectivity index (χ3n) is 5.02. The number of hydrogen-bond donors (Lipinski definition) is 0. The highest BCUT2D eigenvalue weighted by Crippen LogP contribution is 2.36. The van der Waals surface area contributed by atoms with Crippen LogP contribution in [0.4, 0.5) is 0 Å². The first kappa shape index (κ1) is 19.5. The smallest absolute Gasteiger partial charge is 0.310 e. The fourth-order valence-corrected chi connectivity index (χ4v) is 3.40. The second-order valence-corrected chi connectivity index (χ2v) is 7.14. The molecule has 0 spiro atoms. The van der Waals surface area contributed by atoms with Gasteiger partial charge >= 0.3 is 11.9 Å². The minimum atomic E-state index is -0.399. The molecule has 0 heterocycles. The van der Waals surface area contributed by atoms with Gasteiger partial charge in [-0.3, -0.25) is 9.59 Å². The highest BCUT2D eigenvalue weighted by atomic mass is 16.5. The molecule has 25 heavy (non-hydrogen) atoms. The summed E-state index contributed by atoms with van der Waals surface area (Å²) in [4.78, 5) is 25.2. The van der Waals surface area contributed by atoms with E-state index in [0.717, 1.165) is 24.8 Å². The summed E-state index contributed by atoms with van der Waals surface area (Å²) in [5.74, 6) is -0.869. The van der Waals surface area contributed by atoms with Crippen molar-refractivity contribution in [2.24, 2.45) is 17.8 Å². The van der Waals surface area contributed by atoms with Crippen LogP contribution in [0.25, 0.3) is 0 Å². The Balaban J connectivity index is 2.01. The van der Waals surface area contributed by atoms with Crippen LogP contribution in [0.2, 0.25) is 0 Å². The van der Waals surface area contributed by atoms with Gasteiger partial charge in [-0.25, -0.2) is 0 Å². The normalized spacial score (nSPS) is 24.4. The van der Waals surface area contributed by atoms with Crippen LogP contribution in [0.3, 0.4) is 0 Å². The molecule has 138 valence electrons. The van der Waals surface area contributed by atoms with E-state index in [9.17, 15) is 9.59 Å². The number of ether oxygens (including phenoxy) is 2. The molecule has 1 aromatic rings. The molecule has 0 amide bonds. The van der Waals surface area contributed by atoms with E-state index in [1.807, 2.05) is 37.3 Å². The Bertz CT molecular complexity index is 554. The Hall–Kier alpha value is -1.84. The van der Waals surface area contributed by atoms with Crippen molar-refractivity contribution in [1.29, 1.82) is 0 Å². The second kappa shape index (κ2) is 9.59. The van der Waals surface area contributed by atoms with Crippen molar-refractivity contribution in [3.8, 4) is 0 Å². The van der Waals surface area contributed by atoms with E-state index < -0.39 is 5.92 Å². The molecule has 0 radical (unpaired) electrons. The summed E-state index contributed by atoms with van der Waals surface area (Å²) in [6, 6.07) is 9.67. The molecule has 4 nitrogen and oxygen atoms in total. The molecule has 1 saturated carbocycles. The lowest BCUT2D eigenvalue weighted by atomic mass is 9.74. The fraction of sp³-hybridized carbons (Fsp3) is 0.619. The molecule has 1 aromatic carbocycles. The summed E-state index contributed by atoms with van der Waals surface area (Å²) in [6.45, 7) is 6.48. The molecular formula is C21H30O4. The number of rotatable bonds is 7. The maximum Gasteiger partial charge on any atom is 0.310 e. The van der Waals surface area contributed by atoms with Gasteiger partial charge in [0.15, 0.2) is 0 Å². The van der Waals surface area contributed by atoms with Crippen LogP contribution in [-0.2, 0) is 19.1 Å². The van der Waals surface area contributed by atoms with Gasteiger partial charge in [0, 0.05) is 0 Å². The number of hydrogen-bond acceptors (Lipinski definition) is 4. The molecule has 1 aliphatic rings. The summed E-state index contributed by atoms with van der Waals surface area (Å²) >= 11 is 0. The third kappa shape index (κ3) is 5.58. The SMILES string of the molecule is CCCCOC(=O)C1CCC(C)CC1C(=O)OC(C)c1ccccc1. The van der Waals surface area contributed by atoms with Gasteiger partial charge < -0.3 is 9.47 Å². The first-order valence-corrected chi connectivity index (χ1v) is 9.45. The predicted octanol–water partition coefficient (Wildman–Crippen LogP) is 4.69. The predicted molar refractivity (Wildman–Crippen MR) is 96.8 cm³/mol. The monoisotopic (exact) mass is 346 g/mol. The van der Waals surface area contributed by atoms with E-state index in [0.29, 0.717) is 25.4 Å². The molecule has 0 aliphatic heterocycles. The highest BCUT2D eigenvalue weighted by molar-refractivity contribution is 5.82. The van der Waals surface area contributed by atoms with Crippen LogP contribution in [-0.4, -0.2) is 18.5 Å². The minimum Gasteiger partial charge on any atom is -0.465 e. The summed E-state index contributed by atoms with van der Waals surface area (Å²) in [5.41, 5.74) is 0.960. The van der Waals surface area contributed by atoms with Crippen LogP contribution in [0, 0.1) is 17.8 Å². The molecule has 0 saturated heterocycles. The summed E-state index contributed by atoms with van der Waals surface area (Å²) in [6.07, 6.45) is 3.86. The van der Waals surface area contributed by atoms with Gasteiger partial charge in [-0.1, -0.05) is 50.6 Å². The van der Waals surface area contributed by atoms with Crippen molar-refractivity contribution in [3.63, 3.8) is 0 Å². The van der Waals surface area contributed by atoms with Gasteiger partial charge in [0.2, 0.25) is 0 Å². The van der Waals surface area contributed by atoms with Gasteiger partial charge in [-0.05, 0) is 44.1 Å². The quantitative estimate of drug-likeness (QED) is 0.531. The Morgan fingerprint density at radius 2 is 1.84 bits per heavy atom. The highest BCUT2D eigenvalue weighted by Gasteiger charge is 2.40. The lowest BCUT2D eigenvalue weighted by Gasteiger charge is -2.32. The average Bonchev–Trinajstić information content (AvgIpc) is 2.62. The third-order valence-corrected chi connectivity index (χ3v) is 5.02. The Morgan fingerprint density at radius 3 is 2.52 bits per heavy atom. The topological polar surface area (TPSA) is 52.6 Å². The largest absolute Gasteiger partial charge is 0.465 e. The zero-order valence-corrected chi connectivity index (χ0v) is 15.6. The molecule has 1 fully saturated rings. The number of carbonyl (C=O) groups excluding carboxylic acids is 2. The fourth-order valence-electron chi connectivity index (χ4n) is 3.40. The Kier molecular flexibility index (Phi) is 7.48. The minimum absolute atomic E-state index is 0.241. The Morgan fingerprint density at radius 1 is 1.12 bits per heavy atom. The molecule has 4 heteroatoms. The van der Waals surface area contributed by atoms with E-state index in [4.69, 9.17) is 9.47 Å². The number of esters is 2. The van der Waals surface area contributed by atoms with Gasteiger partial charge in [-0.15, -0.1) is 0 Å². The van der Waals surface area contributed by atoms with Crippen molar-refractivity contribution in [2.75, 3.05) is 6.61 Å². The van der Waals surface area contributed by atoms with Crippen LogP contribution < -0.4 is 0 Å². The van der Waals surface area contributed by atoms with E-state index >= 15 is 0 Å². The van der Waals surface area contributed by atoms with Gasteiger partial charge in [0.05, 0.1) is 18.4 Å². The first-order chi connectivity index (χ1) is 12.0. The van der Waals surface area contributed by atoms with E-state index in [1.54, 1.807) is 0 Å². The van der Waals surface area contributed by atoms with E-state index in [1.165, 1.54) is 0 Å². The van der Waals surface area contributed by atoms with Crippen LogP contribution >= 0.6 is 0 Å². The lowest BCUT2D eigenvalue weighted by molar-refractivity contribution is -0.166. The van der Waals surface area contributed by atoms with Crippen LogP contribution in [0.15, 0.2) is 30.3 Å². The van der Waals surface area contributed by atoms with Crippen LogP contribution in [0.1, 0.15) is 64.5 Å². The van der Waals surface area contributed by atoms with E-state index in [-0.39, 0.29) is 24.0 Å². The summed E-state index contributed by atoms with van der Waals surface area (Å²) in [7, 11) is 0. The van der Waals surface area contributed by atoms with Gasteiger partial charge in [0.1, 0.15) is 6.10 Å². The molecule has 2 rings (SSSR count). The molecular weight excluding hydrogens is 316 g/mol. The van der Waals surface area contributed by atoms with Gasteiger partial charge in [-0.2, -0.15) is 0 Å². The molecule has 4 unspecified atom stereocenters. The maximum absolute atomic E-state index is 12.7. The molecule has 4 atom stereocenters. The molecule has 0 bridgehead atoms. The lowest BCUT2D eigenvalue weighted by Crippen LogP contribution is -2.37. The van der Waals surface area contributed by atoms with Crippen molar-refractivity contribution < 1.29 is 19.1 Å². The van der Waals surface area contributed by atoms with Gasteiger partial charge in [0.25, 0.3) is 0 Å². The number of carbonyl (C=O) groups is 2. The number of benzene rings is 1. The summed E-state index contributed by atoms with van der Waals surface area (Å²) in [5, 5.41) is 0. The van der Waals surface area contributed by atoms with Crippen LogP contribution in [0.5, 0.6) is 0 Å². The zero-order chi connectivity index (χ0) is 18.2. The summed E-state index contributed by atoms with van der Waals surface area (Å²) < 4.78 is 11.1. The van der Waals surface area contributed by atoms with E-state index in [2.05, 4.69) is 13.8 Å². The molecule has 1 aliphatic carbocycles. The van der Waals surface area contributed by atoms with Crippen molar-refractivity contribution in [2.45, 2.75) is 59.0 Å². The Labute approximate surface area is 150 Å². The van der Waals surface area contributed by atoms with Crippen molar-refractivity contribution in [3.05, 3.63) is 35.9 Å². The van der Waals surface area contributed by atoms with Crippen molar-refractivity contribution in [1.82, 2.24) is 0 Å². The first-order valence-electron chi connectivity index (χ1n) is 9.45. The molecule has 0 aromatic heterocycles. The molecule has 0 N–H and O–H groups in total. The maximum atomic E-state index is 12.7. The van der Waals surface area contributed by atoms with Crippen molar-refractivity contribution >= 4 is 11.9 Å². The average molecular weight is 346 g/mol. The zero-order valence-electron chi connectivity index (χ0n) is 15.6.